The first-order chi connectivity index (χ1) is 15.7. The van der Waals surface area contributed by atoms with E-state index >= 15 is 0 Å². The average Bonchev–Trinajstić information content (AvgIpc) is 3.15. The minimum absolute atomic E-state index is 0.0231. The second-order valence-corrected chi connectivity index (χ2v) is 7.58. The van der Waals surface area contributed by atoms with Crippen molar-refractivity contribution in [2.24, 2.45) is 0 Å². The number of carbonyl (C=O) groups is 1. The molecule has 0 saturated carbocycles. The number of nitrogens with one attached hydrogen (secondary N) is 2. The van der Waals surface area contributed by atoms with Gasteiger partial charge in [0.2, 0.25) is 0 Å². The van der Waals surface area contributed by atoms with Crippen LogP contribution in [0, 0.1) is 11.8 Å². The van der Waals surface area contributed by atoms with E-state index in [1.54, 1.807) is 12.3 Å². The Hall–Kier alpha value is -4.30. The van der Waals surface area contributed by atoms with Gasteiger partial charge in [0.05, 0.1) is 6.54 Å². The molecule has 1 aromatic heterocycles. The van der Waals surface area contributed by atoms with Crippen LogP contribution in [-0.4, -0.2) is 24.2 Å². The van der Waals surface area contributed by atoms with E-state index < -0.39 is 6.09 Å². The largest absolute Gasteiger partial charge is 0.449 e. The third kappa shape index (κ3) is 3.75. The van der Waals surface area contributed by atoms with E-state index in [4.69, 9.17) is 4.74 Å². The van der Waals surface area contributed by atoms with Crippen LogP contribution < -0.4 is 10.7 Å². The smallest absolute Gasteiger partial charge is 0.407 e. The highest BCUT2D eigenvalue weighted by molar-refractivity contribution is 5.80. The molecule has 1 heterocycles. The Bertz CT molecular complexity index is 1400. The van der Waals surface area contributed by atoms with Gasteiger partial charge in [0.15, 0.2) is 5.43 Å². The third-order valence-corrected chi connectivity index (χ3v) is 5.66. The number of fused-ring (bicyclic) bond motifs is 4. The lowest BCUT2D eigenvalue weighted by molar-refractivity contribution is 0.144. The molecule has 3 aromatic carbocycles. The van der Waals surface area contributed by atoms with Crippen LogP contribution in [0.15, 0.2) is 83.8 Å². The molecule has 1 amide bonds. The van der Waals surface area contributed by atoms with Crippen molar-refractivity contribution in [2.45, 2.75) is 5.92 Å². The predicted molar refractivity (Wildman–Crippen MR) is 125 cm³/mol. The summed E-state index contributed by atoms with van der Waals surface area (Å²) < 4.78 is 5.50. The number of carbonyl (C=O) groups excluding carboxylic acids is 1. The lowest BCUT2D eigenvalue weighted by atomic mass is 9.98. The van der Waals surface area contributed by atoms with Crippen molar-refractivity contribution in [2.75, 3.05) is 13.2 Å². The summed E-state index contributed by atoms with van der Waals surface area (Å²) in [4.78, 5) is 27.2. The Morgan fingerprint density at radius 2 is 1.69 bits per heavy atom. The molecular formula is C27H20N2O3. The van der Waals surface area contributed by atoms with E-state index in [1.165, 1.54) is 28.3 Å². The molecule has 0 radical (unpaired) electrons. The highest BCUT2D eigenvalue weighted by atomic mass is 16.5. The summed E-state index contributed by atoms with van der Waals surface area (Å²) in [5.74, 6) is 5.89. The van der Waals surface area contributed by atoms with Crippen molar-refractivity contribution in [1.82, 2.24) is 10.3 Å². The summed E-state index contributed by atoms with van der Waals surface area (Å²) in [5, 5.41) is 3.26. The van der Waals surface area contributed by atoms with Gasteiger partial charge in [-0.2, -0.15) is 0 Å². The third-order valence-electron chi connectivity index (χ3n) is 5.66. The first kappa shape index (κ1) is 19.7. The van der Waals surface area contributed by atoms with Crippen LogP contribution in [-0.2, 0) is 4.74 Å². The number of aromatic nitrogens is 1. The fourth-order valence-corrected chi connectivity index (χ4v) is 4.16. The molecular weight excluding hydrogens is 400 g/mol. The van der Waals surface area contributed by atoms with Gasteiger partial charge in [0.25, 0.3) is 0 Å². The topological polar surface area (TPSA) is 71.2 Å². The molecule has 0 saturated heterocycles. The molecule has 156 valence electrons. The summed E-state index contributed by atoms with van der Waals surface area (Å²) in [6.07, 6.45) is 1.12. The van der Waals surface area contributed by atoms with Crippen molar-refractivity contribution >= 4 is 17.0 Å². The second kappa shape index (κ2) is 8.44. The molecule has 2 N–H and O–H groups in total. The van der Waals surface area contributed by atoms with Gasteiger partial charge in [0, 0.05) is 34.6 Å². The van der Waals surface area contributed by atoms with E-state index in [2.05, 4.69) is 46.4 Å². The molecule has 0 fully saturated rings. The molecule has 32 heavy (non-hydrogen) atoms. The van der Waals surface area contributed by atoms with Crippen molar-refractivity contribution < 1.29 is 9.53 Å². The van der Waals surface area contributed by atoms with Crippen molar-refractivity contribution in [3.63, 3.8) is 0 Å². The Morgan fingerprint density at radius 1 is 0.969 bits per heavy atom. The van der Waals surface area contributed by atoms with Crippen molar-refractivity contribution in [3.8, 4) is 23.0 Å². The Morgan fingerprint density at radius 3 is 2.44 bits per heavy atom. The first-order valence-electron chi connectivity index (χ1n) is 10.4. The van der Waals surface area contributed by atoms with Gasteiger partial charge in [0.1, 0.15) is 6.61 Å². The van der Waals surface area contributed by atoms with E-state index in [9.17, 15) is 9.59 Å². The van der Waals surface area contributed by atoms with E-state index in [-0.39, 0.29) is 24.5 Å². The number of amides is 1. The van der Waals surface area contributed by atoms with Crippen LogP contribution in [0.4, 0.5) is 4.79 Å². The summed E-state index contributed by atoms with van der Waals surface area (Å²) in [7, 11) is 0. The number of benzene rings is 3. The van der Waals surface area contributed by atoms with Gasteiger partial charge in [-0.3, -0.25) is 4.79 Å². The Labute approximate surface area is 185 Å². The van der Waals surface area contributed by atoms with Gasteiger partial charge in [-0.25, -0.2) is 4.79 Å². The van der Waals surface area contributed by atoms with E-state index in [0.29, 0.717) is 10.9 Å². The maximum absolute atomic E-state index is 12.2. The van der Waals surface area contributed by atoms with Crippen LogP contribution in [0.25, 0.3) is 22.0 Å². The molecule has 0 bridgehead atoms. The molecule has 0 aliphatic heterocycles. The molecule has 0 unspecified atom stereocenters. The summed E-state index contributed by atoms with van der Waals surface area (Å²) in [5.41, 5.74) is 6.15. The first-order valence-corrected chi connectivity index (χ1v) is 10.4. The number of alkyl carbamates (subject to hydrolysis) is 1. The standard InChI is InChI=1S/C27H20N2O3/c30-26-13-15-28-25-12-11-18(16-23(25)26)6-5-14-29-27(31)32-17-24-21-9-3-1-7-19(21)20-8-2-4-10-22(20)24/h1-4,7-13,15-16,24H,14,17H2,(H,28,30)(H,29,31). The van der Waals surface area contributed by atoms with Gasteiger partial charge in [-0.05, 0) is 40.5 Å². The van der Waals surface area contributed by atoms with Crippen molar-refractivity contribution in [3.05, 3.63) is 106 Å². The zero-order chi connectivity index (χ0) is 21.9. The number of H-pyrrole nitrogens is 1. The summed E-state index contributed by atoms with van der Waals surface area (Å²) in [6.45, 7) is 0.417. The minimum atomic E-state index is -0.504. The zero-order valence-electron chi connectivity index (χ0n) is 17.2. The number of rotatable bonds is 3. The average molecular weight is 420 g/mol. The number of pyridine rings is 1. The fraction of sp³-hybridized carbons (Fsp3) is 0.111. The van der Waals surface area contributed by atoms with Crippen LogP contribution >= 0.6 is 0 Å². The monoisotopic (exact) mass is 420 g/mol. The summed E-state index contributed by atoms with van der Waals surface area (Å²) in [6, 6.07) is 23.3. The van der Waals surface area contributed by atoms with Gasteiger partial charge < -0.3 is 15.0 Å². The SMILES string of the molecule is O=C(NCC#Cc1ccc2[nH]ccc(=O)c2c1)OCC1c2ccccc2-c2ccccc21. The van der Waals surface area contributed by atoms with Crippen molar-refractivity contribution in [1.29, 1.82) is 0 Å². The quantitative estimate of drug-likeness (QED) is 0.482. The minimum Gasteiger partial charge on any atom is -0.449 e. The molecule has 4 aromatic rings. The molecule has 5 rings (SSSR count). The van der Waals surface area contributed by atoms with Crippen LogP contribution in [0.5, 0.6) is 0 Å². The van der Waals surface area contributed by atoms with Gasteiger partial charge >= 0.3 is 6.09 Å². The normalized spacial score (nSPS) is 11.9. The van der Waals surface area contributed by atoms with Crippen LogP contribution in [0.1, 0.15) is 22.6 Å². The maximum atomic E-state index is 12.2. The molecule has 1 aliphatic rings. The van der Waals surface area contributed by atoms with Gasteiger partial charge in [-0.15, -0.1) is 0 Å². The van der Waals surface area contributed by atoms with E-state index in [1.807, 2.05) is 36.4 Å². The lowest BCUT2D eigenvalue weighted by Gasteiger charge is -2.14. The zero-order valence-corrected chi connectivity index (χ0v) is 17.2. The number of hydrogen-bond acceptors (Lipinski definition) is 3. The molecule has 0 atom stereocenters. The maximum Gasteiger partial charge on any atom is 0.407 e. The molecule has 5 heteroatoms. The molecule has 1 aliphatic carbocycles. The second-order valence-electron chi connectivity index (χ2n) is 7.58. The lowest BCUT2D eigenvalue weighted by Crippen LogP contribution is -2.26. The fourth-order valence-electron chi connectivity index (χ4n) is 4.16. The highest BCUT2D eigenvalue weighted by Gasteiger charge is 2.28. The summed E-state index contributed by atoms with van der Waals surface area (Å²) >= 11 is 0. The van der Waals surface area contributed by atoms with E-state index in [0.717, 1.165) is 5.52 Å². The highest BCUT2D eigenvalue weighted by Crippen LogP contribution is 2.44. The predicted octanol–water partition coefficient (Wildman–Crippen LogP) is 4.42. The Balaban J connectivity index is 1.20. The van der Waals surface area contributed by atoms with Crippen LogP contribution in [0.2, 0.25) is 0 Å². The molecule has 0 spiro atoms. The van der Waals surface area contributed by atoms with Gasteiger partial charge in [-0.1, -0.05) is 60.4 Å². The van der Waals surface area contributed by atoms with Crippen LogP contribution in [0.3, 0.4) is 0 Å². The number of hydrogen-bond donors (Lipinski definition) is 2. The number of aromatic amines is 1. The Kier molecular flexibility index (Phi) is 5.19. The number of ether oxygens (including phenoxy) is 1. The molecule has 5 nitrogen and oxygen atoms in total.